The lowest BCUT2D eigenvalue weighted by Crippen LogP contribution is -2.43. The topological polar surface area (TPSA) is 55.8 Å². The molecule has 0 aliphatic carbocycles. The predicted octanol–water partition coefficient (Wildman–Crippen LogP) is 0.442. The number of aliphatic hydroxyl groups excluding tert-OH is 1. The lowest BCUT2D eigenvalue weighted by atomic mass is 10.1. The fourth-order valence-corrected chi connectivity index (χ4v) is 3.23. The number of nitrogens with zero attached hydrogens (tertiary/aromatic N) is 2. The van der Waals surface area contributed by atoms with Crippen LogP contribution in [0.25, 0.3) is 0 Å². The van der Waals surface area contributed by atoms with Crippen molar-refractivity contribution in [2.45, 2.75) is 38.1 Å². The highest BCUT2D eigenvalue weighted by Crippen LogP contribution is 2.22. The molecule has 0 aromatic carbocycles. The molecule has 3 atom stereocenters. The fraction of sp³-hybridized carbons (Fsp3) is 0.929. The summed E-state index contributed by atoms with van der Waals surface area (Å²) < 4.78 is 37.4. The summed E-state index contributed by atoms with van der Waals surface area (Å²) in [4.78, 5) is 15.4. The Kier molecular flexibility index (Phi) is 5.68. The normalized spacial score (nSPS) is 29.5. The van der Waals surface area contributed by atoms with E-state index in [2.05, 4.69) is 5.32 Å². The number of amides is 1. The summed E-state index contributed by atoms with van der Waals surface area (Å²) in [6.45, 7) is 3.03. The van der Waals surface area contributed by atoms with Gasteiger partial charge in [0, 0.05) is 26.2 Å². The number of β-amino-alcohol motifs (C(OH)–C–C–N with tert-alkyl or cyclic N) is 1. The predicted molar refractivity (Wildman–Crippen MR) is 75.3 cm³/mol. The van der Waals surface area contributed by atoms with Crippen LogP contribution in [-0.4, -0.2) is 78.4 Å². The SMILES string of the molecule is CCN(CC1CCN(C(=O)C2CC(O)CN2)C1)CC(F)(F)F. The summed E-state index contributed by atoms with van der Waals surface area (Å²) in [5.41, 5.74) is 0. The van der Waals surface area contributed by atoms with Crippen molar-refractivity contribution < 1.29 is 23.1 Å². The van der Waals surface area contributed by atoms with Gasteiger partial charge in [-0.2, -0.15) is 13.2 Å². The van der Waals surface area contributed by atoms with Crippen LogP contribution in [0.4, 0.5) is 13.2 Å². The molecular formula is C14H24F3N3O2. The van der Waals surface area contributed by atoms with Gasteiger partial charge in [0.05, 0.1) is 18.7 Å². The van der Waals surface area contributed by atoms with Gasteiger partial charge < -0.3 is 15.3 Å². The molecule has 0 saturated carbocycles. The van der Waals surface area contributed by atoms with Crippen molar-refractivity contribution in [1.29, 1.82) is 0 Å². The molecule has 22 heavy (non-hydrogen) atoms. The number of hydrogen-bond acceptors (Lipinski definition) is 4. The first-order valence-corrected chi connectivity index (χ1v) is 7.78. The molecule has 1 amide bonds. The number of halogens is 3. The lowest BCUT2D eigenvalue weighted by molar-refractivity contribution is -0.146. The van der Waals surface area contributed by atoms with Crippen LogP contribution < -0.4 is 5.32 Å². The van der Waals surface area contributed by atoms with Crippen LogP contribution in [0.1, 0.15) is 19.8 Å². The molecule has 2 rings (SSSR count). The molecule has 0 aromatic rings. The zero-order chi connectivity index (χ0) is 16.3. The zero-order valence-corrected chi connectivity index (χ0v) is 12.8. The highest BCUT2D eigenvalue weighted by Gasteiger charge is 2.36. The maximum atomic E-state index is 12.5. The molecule has 2 aliphatic heterocycles. The number of likely N-dealkylation sites (tertiary alicyclic amines) is 1. The van der Waals surface area contributed by atoms with E-state index in [1.807, 2.05) is 0 Å². The van der Waals surface area contributed by atoms with E-state index >= 15 is 0 Å². The summed E-state index contributed by atoms with van der Waals surface area (Å²) in [6.07, 6.45) is -3.53. The zero-order valence-electron chi connectivity index (χ0n) is 12.8. The average Bonchev–Trinajstić information content (AvgIpc) is 3.05. The molecule has 128 valence electrons. The first-order valence-electron chi connectivity index (χ1n) is 7.78. The van der Waals surface area contributed by atoms with Crippen LogP contribution in [0, 0.1) is 5.92 Å². The summed E-state index contributed by atoms with van der Waals surface area (Å²) in [5, 5.41) is 12.4. The van der Waals surface area contributed by atoms with Gasteiger partial charge in [-0.3, -0.25) is 9.69 Å². The second-order valence-electron chi connectivity index (χ2n) is 6.23. The van der Waals surface area contributed by atoms with E-state index in [1.165, 1.54) is 4.90 Å². The molecular weight excluding hydrogens is 299 g/mol. The Labute approximate surface area is 128 Å². The second kappa shape index (κ2) is 7.14. The monoisotopic (exact) mass is 323 g/mol. The molecule has 2 saturated heterocycles. The molecule has 3 unspecified atom stereocenters. The van der Waals surface area contributed by atoms with E-state index in [9.17, 15) is 23.1 Å². The lowest BCUT2D eigenvalue weighted by Gasteiger charge is -2.25. The minimum atomic E-state index is -4.19. The molecule has 2 N–H and O–H groups in total. The van der Waals surface area contributed by atoms with Gasteiger partial charge in [-0.25, -0.2) is 0 Å². The standard InChI is InChI=1S/C14H24F3N3O2/c1-2-19(9-14(15,16)17)7-10-3-4-20(8-10)13(22)12-5-11(21)6-18-12/h10-12,18,21H,2-9H2,1H3. The molecule has 0 radical (unpaired) electrons. The van der Waals surface area contributed by atoms with Crippen LogP contribution in [0.2, 0.25) is 0 Å². The summed E-state index contributed by atoms with van der Waals surface area (Å²) in [5.74, 6) is 0.0375. The highest BCUT2D eigenvalue weighted by molar-refractivity contribution is 5.82. The van der Waals surface area contributed by atoms with Gasteiger partial charge >= 0.3 is 6.18 Å². The number of hydrogen-bond donors (Lipinski definition) is 2. The maximum absolute atomic E-state index is 12.5. The molecule has 2 fully saturated rings. The summed E-state index contributed by atoms with van der Waals surface area (Å²) >= 11 is 0. The molecule has 0 bridgehead atoms. The van der Waals surface area contributed by atoms with Gasteiger partial charge in [-0.1, -0.05) is 6.92 Å². The first kappa shape index (κ1) is 17.5. The molecule has 2 aliphatic rings. The van der Waals surface area contributed by atoms with E-state index in [-0.39, 0.29) is 17.9 Å². The van der Waals surface area contributed by atoms with E-state index in [0.29, 0.717) is 39.1 Å². The van der Waals surface area contributed by atoms with Crippen molar-refractivity contribution in [3.05, 3.63) is 0 Å². The van der Waals surface area contributed by atoms with Crippen molar-refractivity contribution in [3.63, 3.8) is 0 Å². The van der Waals surface area contributed by atoms with Crippen LogP contribution >= 0.6 is 0 Å². The third-order valence-corrected chi connectivity index (χ3v) is 4.37. The highest BCUT2D eigenvalue weighted by atomic mass is 19.4. The Morgan fingerprint density at radius 1 is 1.45 bits per heavy atom. The minimum absolute atomic E-state index is 0.0436. The smallest absolute Gasteiger partial charge is 0.392 e. The van der Waals surface area contributed by atoms with Crippen molar-refractivity contribution in [2.24, 2.45) is 5.92 Å². The van der Waals surface area contributed by atoms with Crippen LogP contribution in [-0.2, 0) is 4.79 Å². The van der Waals surface area contributed by atoms with Gasteiger partial charge in [0.2, 0.25) is 5.91 Å². The number of alkyl halides is 3. The molecule has 2 heterocycles. The molecule has 8 heteroatoms. The van der Waals surface area contributed by atoms with E-state index in [1.54, 1.807) is 11.8 Å². The summed E-state index contributed by atoms with van der Waals surface area (Å²) in [6, 6.07) is -0.355. The number of aliphatic hydroxyl groups is 1. The van der Waals surface area contributed by atoms with Crippen LogP contribution in [0.15, 0.2) is 0 Å². The van der Waals surface area contributed by atoms with Crippen molar-refractivity contribution in [3.8, 4) is 0 Å². The fourth-order valence-electron chi connectivity index (χ4n) is 3.23. The Balaban J connectivity index is 1.80. The van der Waals surface area contributed by atoms with Crippen molar-refractivity contribution in [1.82, 2.24) is 15.1 Å². The largest absolute Gasteiger partial charge is 0.401 e. The average molecular weight is 323 g/mol. The Hall–Kier alpha value is -0.860. The van der Waals surface area contributed by atoms with Crippen LogP contribution in [0.3, 0.4) is 0 Å². The number of nitrogens with one attached hydrogen (secondary N) is 1. The van der Waals surface area contributed by atoms with Crippen LogP contribution in [0.5, 0.6) is 0 Å². The Morgan fingerprint density at radius 3 is 2.73 bits per heavy atom. The van der Waals surface area contributed by atoms with Gasteiger partial charge in [0.25, 0.3) is 0 Å². The molecule has 0 aromatic heterocycles. The second-order valence-corrected chi connectivity index (χ2v) is 6.23. The quantitative estimate of drug-likeness (QED) is 0.771. The number of carbonyl (C=O) groups excluding carboxylic acids is 1. The first-order chi connectivity index (χ1) is 10.3. The van der Waals surface area contributed by atoms with Gasteiger partial charge in [0.15, 0.2) is 0 Å². The van der Waals surface area contributed by atoms with Gasteiger partial charge in [0.1, 0.15) is 0 Å². The summed E-state index contributed by atoms with van der Waals surface area (Å²) in [7, 11) is 0. The van der Waals surface area contributed by atoms with Crippen molar-refractivity contribution in [2.75, 3.05) is 39.3 Å². The third kappa shape index (κ3) is 4.82. The maximum Gasteiger partial charge on any atom is 0.401 e. The van der Waals surface area contributed by atoms with E-state index in [0.717, 1.165) is 6.42 Å². The van der Waals surface area contributed by atoms with Gasteiger partial charge in [-0.05, 0) is 25.3 Å². The van der Waals surface area contributed by atoms with Crippen molar-refractivity contribution >= 4 is 5.91 Å². The Bertz CT molecular complexity index is 392. The molecule has 5 nitrogen and oxygen atoms in total. The van der Waals surface area contributed by atoms with Gasteiger partial charge in [-0.15, -0.1) is 0 Å². The Morgan fingerprint density at radius 2 is 2.18 bits per heavy atom. The molecule has 0 spiro atoms. The third-order valence-electron chi connectivity index (χ3n) is 4.37. The van der Waals surface area contributed by atoms with E-state index < -0.39 is 18.8 Å². The number of rotatable bonds is 5. The minimum Gasteiger partial charge on any atom is -0.392 e. The number of carbonyl (C=O) groups is 1. The van der Waals surface area contributed by atoms with E-state index in [4.69, 9.17) is 0 Å².